The third-order valence-electron chi connectivity index (χ3n) is 3.86. The van der Waals surface area contributed by atoms with E-state index in [1.165, 1.54) is 0 Å². The summed E-state index contributed by atoms with van der Waals surface area (Å²) < 4.78 is 5.04. The van der Waals surface area contributed by atoms with Crippen LogP contribution in [0.3, 0.4) is 0 Å². The van der Waals surface area contributed by atoms with Gasteiger partial charge in [-0.05, 0) is 38.5 Å². The topological polar surface area (TPSA) is 102 Å². The van der Waals surface area contributed by atoms with Gasteiger partial charge in [0.2, 0.25) is 0 Å². The zero-order valence-electron chi connectivity index (χ0n) is 13.5. The number of esters is 1. The number of carboxylic acids is 1. The average molecular weight is 310 g/mol. The van der Waals surface area contributed by atoms with E-state index in [2.05, 4.69) is 4.99 Å². The molecule has 1 saturated carbocycles. The highest BCUT2D eigenvalue weighted by Crippen LogP contribution is 2.28. The number of aliphatic carboxylic acids is 1. The molecule has 0 aromatic heterocycles. The van der Waals surface area contributed by atoms with Crippen LogP contribution >= 0.6 is 0 Å². The van der Waals surface area contributed by atoms with E-state index >= 15 is 0 Å². The number of carbonyl (C=O) groups is 2. The SMILES string of the molecule is CCOC(=O)C1CCC(N=C(C(=CN)C(=O)O)C(C)C)CC1. The van der Waals surface area contributed by atoms with Crippen LogP contribution in [0.15, 0.2) is 16.8 Å². The van der Waals surface area contributed by atoms with Crippen molar-refractivity contribution >= 4 is 17.7 Å². The summed E-state index contributed by atoms with van der Waals surface area (Å²) in [7, 11) is 0. The lowest BCUT2D eigenvalue weighted by molar-refractivity contribution is -0.149. The maximum Gasteiger partial charge on any atom is 0.339 e. The Balaban J connectivity index is 2.76. The van der Waals surface area contributed by atoms with Crippen LogP contribution in [-0.2, 0) is 14.3 Å². The molecule has 0 amide bonds. The van der Waals surface area contributed by atoms with Crippen molar-refractivity contribution in [1.82, 2.24) is 0 Å². The lowest BCUT2D eigenvalue weighted by Gasteiger charge is -2.26. The molecule has 0 aromatic rings. The fraction of sp³-hybridized carbons (Fsp3) is 0.688. The standard InChI is InChI=1S/C16H26N2O4/c1-4-22-16(21)11-5-7-12(8-6-11)18-14(10(2)3)13(9-17)15(19)20/h9-12H,4-8,17H2,1-3H3,(H,19,20). The molecule has 22 heavy (non-hydrogen) atoms. The number of hydrogen-bond acceptors (Lipinski definition) is 5. The van der Waals surface area contributed by atoms with Crippen LogP contribution < -0.4 is 5.73 Å². The van der Waals surface area contributed by atoms with Gasteiger partial charge in [-0.1, -0.05) is 13.8 Å². The molecule has 6 nitrogen and oxygen atoms in total. The number of nitrogens with zero attached hydrogens (tertiary/aromatic N) is 1. The molecule has 0 aromatic carbocycles. The Morgan fingerprint density at radius 2 is 1.91 bits per heavy atom. The van der Waals surface area contributed by atoms with Gasteiger partial charge in [-0.15, -0.1) is 0 Å². The lowest BCUT2D eigenvalue weighted by Crippen LogP contribution is -2.27. The van der Waals surface area contributed by atoms with E-state index in [1.54, 1.807) is 6.92 Å². The van der Waals surface area contributed by atoms with Crippen molar-refractivity contribution in [2.24, 2.45) is 22.6 Å². The van der Waals surface area contributed by atoms with Crippen molar-refractivity contribution in [3.8, 4) is 0 Å². The molecule has 0 bridgehead atoms. The second-order valence-electron chi connectivity index (χ2n) is 5.81. The molecule has 0 spiro atoms. The van der Waals surface area contributed by atoms with Crippen LogP contribution in [0.25, 0.3) is 0 Å². The van der Waals surface area contributed by atoms with Crippen molar-refractivity contribution in [2.45, 2.75) is 52.5 Å². The Kier molecular flexibility index (Phi) is 7.08. The first-order valence-corrected chi connectivity index (χ1v) is 7.80. The molecule has 1 aliphatic rings. The lowest BCUT2D eigenvalue weighted by atomic mass is 9.86. The van der Waals surface area contributed by atoms with Crippen LogP contribution in [-0.4, -0.2) is 35.4 Å². The highest BCUT2D eigenvalue weighted by Gasteiger charge is 2.28. The van der Waals surface area contributed by atoms with Crippen LogP contribution in [0.4, 0.5) is 0 Å². The molecule has 3 N–H and O–H groups in total. The van der Waals surface area contributed by atoms with Gasteiger partial charge in [0.25, 0.3) is 0 Å². The van der Waals surface area contributed by atoms with E-state index in [0.29, 0.717) is 12.3 Å². The predicted octanol–water partition coefficient (Wildman–Crippen LogP) is 2.13. The molecule has 6 heteroatoms. The number of carbonyl (C=O) groups excluding carboxylic acids is 1. The molecule has 0 atom stereocenters. The minimum absolute atomic E-state index is 0.0197. The molecule has 0 saturated heterocycles. The van der Waals surface area contributed by atoms with Gasteiger partial charge in [0, 0.05) is 6.20 Å². The Bertz CT molecular complexity index is 461. The molecule has 0 unspecified atom stereocenters. The first kappa shape index (κ1) is 18.2. The number of carboxylic acid groups (broad SMARTS) is 1. The van der Waals surface area contributed by atoms with Gasteiger partial charge in [-0.2, -0.15) is 0 Å². The predicted molar refractivity (Wildman–Crippen MR) is 84.6 cm³/mol. The summed E-state index contributed by atoms with van der Waals surface area (Å²) in [5, 5.41) is 9.21. The van der Waals surface area contributed by atoms with E-state index in [4.69, 9.17) is 10.5 Å². The maximum absolute atomic E-state index is 11.7. The molecular formula is C16H26N2O4. The molecule has 1 fully saturated rings. The fourth-order valence-corrected chi connectivity index (χ4v) is 2.69. The smallest absolute Gasteiger partial charge is 0.339 e. The molecule has 0 radical (unpaired) electrons. The minimum Gasteiger partial charge on any atom is -0.478 e. The van der Waals surface area contributed by atoms with Crippen molar-refractivity contribution in [3.05, 3.63) is 11.8 Å². The summed E-state index contributed by atoms with van der Waals surface area (Å²) >= 11 is 0. The summed E-state index contributed by atoms with van der Waals surface area (Å²) in [4.78, 5) is 27.6. The van der Waals surface area contributed by atoms with E-state index in [-0.39, 0.29) is 29.4 Å². The van der Waals surface area contributed by atoms with Gasteiger partial charge in [0.1, 0.15) is 0 Å². The van der Waals surface area contributed by atoms with Crippen LogP contribution in [0.1, 0.15) is 46.5 Å². The largest absolute Gasteiger partial charge is 0.478 e. The van der Waals surface area contributed by atoms with E-state index in [0.717, 1.165) is 31.9 Å². The Morgan fingerprint density at radius 3 is 2.32 bits per heavy atom. The highest BCUT2D eigenvalue weighted by molar-refractivity contribution is 6.19. The van der Waals surface area contributed by atoms with Crippen molar-refractivity contribution in [3.63, 3.8) is 0 Å². The highest BCUT2D eigenvalue weighted by atomic mass is 16.5. The summed E-state index contributed by atoms with van der Waals surface area (Å²) in [6.45, 7) is 6.00. The summed E-state index contributed by atoms with van der Waals surface area (Å²) in [6, 6.07) is 0.0392. The third kappa shape index (κ3) is 4.86. The van der Waals surface area contributed by atoms with Gasteiger partial charge in [0.15, 0.2) is 0 Å². The molecule has 0 aliphatic heterocycles. The van der Waals surface area contributed by atoms with Gasteiger partial charge in [-0.3, -0.25) is 9.79 Å². The van der Waals surface area contributed by atoms with Crippen molar-refractivity contribution in [2.75, 3.05) is 6.61 Å². The zero-order chi connectivity index (χ0) is 16.7. The van der Waals surface area contributed by atoms with Crippen molar-refractivity contribution < 1.29 is 19.4 Å². The number of hydrogen-bond donors (Lipinski definition) is 2. The second kappa shape index (κ2) is 8.56. The first-order valence-electron chi connectivity index (χ1n) is 7.80. The van der Waals surface area contributed by atoms with Crippen molar-refractivity contribution in [1.29, 1.82) is 0 Å². The normalized spacial score (nSPS) is 23.5. The van der Waals surface area contributed by atoms with Gasteiger partial charge in [-0.25, -0.2) is 4.79 Å². The Labute approximate surface area is 131 Å². The maximum atomic E-state index is 11.7. The molecular weight excluding hydrogens is 284 g/mol. The molecule has 0 heterocycles. The number of nitrogens with two attached hydrogens (primary N) is 1. The third-order valence-corrected chi connectivity index (χ3v) is 3.86. The van der Waals surface area contributed by atoms with E-state index < -0.39 is 5.97 Å². The fourth-order valence-electron chi connectivity index (χ4n) is 2.69. The molecule has 124 valence electrons. The Morgan fingerprint density at radius 1 is 1.32 bits per heavy atom. The van der Waals surface area contributed by atoms with Crippen LogP contribution in [0, 0.1) is 11.8 Å². The monoisotopic (exact) mass is 310 g/mol. The number of ether oxygens (including phenoxy) is 1. The number of rotatable bonds is 6. The Hall–Kier alpha value is -1.85. The zero-order valence-corrected chi connectivity index (χ0v) is 13.5. The average Bonchev–Trinajstić information content (AvgIpc) is 2.47. The second-order valence-corrected chi connectivity index (χ2v) is 5.81. The quantitative estimate of drug-likeness (QED) is 0.444. The van der Waals surface area contributed by atoms with E-state index in [9.17, 15) is 14.7 Å². The number of aliphatic imine (C=N–C) groups is 1. The summed E-state index contributed by atoms with van der Waals surface area (Å²) in [5.41, 5.74) is 6.01. The summed E-state index contributed by atoms with van der Waals surface area (Å²) in [5.74, 6) is -1.27. The van der Waals surface area contributed by atoms with Gasteiger partial charge >= 0.3 is 11.9 Å². The molecule has 1 aliphatic carbocycles. The first-order chi connectivity index (χ1) is 10.4. The molecule has 1 rings (SSSR count). The van der Waals surface area contributed by atoms with Crippen LogP contribution in [0.5, 0.6) is 0 Å². The van der Waals surface area contributed by atoms with Crippen LogP contribution in [0.2, 0.25) is 0 Å². The van der Waals surface area contributed by atoms with Gasteiger partial charge in [0.05, 0.1) is 29.9 Å². The summed E-state index contributed by atoms with van der Waals surface area (Å²) in [6.07, 6.45) is 4.08. The van der Waals surface area contributed by atoms with E-state index in [1.807, 2.05) is 13.8 Å². The minimum atomic E-state index is -1.06. The van der Waals surface area contributed by atoms with Gasteiger partial charge < -0.3 is 15.6 Å².